The molecular formula is C24H32N4O6. The first-order valence-corrected chi connectivity index (χ1v) is 11.6. The van der Waals surface area contributed by atoms with E-state index in [0.717, 1.165) is 31.2 Å². The number of carbonyl (C=O) groups excluding carboxylic acids is 2. The molecule has 0 N–H and O–H groups in total. The fourth-order valence-corrected chi connectivity index (χ4v) is 4.24. The number of hydrogen-bond acceptors (Lipinski definition) is 7. The van der Waals surface area contributed by atoms with Crippen LogP contribution in [0.5, 0.6) is 5.75 Å². The number of carbonyl (C=O) groups is 2. The van der Waals surface area contributed by atoms with Gasteiger partial charge < -0.3 is 24.5 Å². The van der Waals surface area contributed by atoms with Crippen LogP contribution in [0.15, 0.2) is 36.8 Å². The molecule has 10 heteroatoms. The Morgan fingerprint density at radius 1 is 1.24 bits per heavy atom. The zero-order valence-electron chi connectivity index (χ0n) is 19.9. The van der Waals surface area contributed by atoms with Crippen LogP contribution in [-0.2, 0) is 14.3 Å². The normalized spacial score (nSPS) is 18.5. The highest BCUT2D eigenvalue weighted by Crippen LogP contribution is 2.29. The smallest absolute Gasteiger partial charge is 0.381 e. The molecule has 2 aromatic rings. The van der Waals surface area contributed by atoms with Gasteiger partial charge in [-0.1, -0.05) is 50.3 Å². The molecular weight excluding hydrogens is 440 g/mol. The minimum Gasteiger partial charge on any atom is -0.488 e. The number of hydrogen-bond donors (Lipinski definition) is 0. The summed E-state index contributed by atoms with van der Waals surface area (Å²) in [6.45, 7) is 4.30. The summed E-state index contributed by atoms with van der Waals surface area (Å²) in [5.41, 5.74) is 1.10. The molecule has 184 valence electrons. The molecule has 3 atom stereocenters. The third kappa shape index (κ3) is 6.12. The maximum atomic E-state index is 13.7. The van der Waals surface area contributed by atoms with Crippen molar-refractivity contribution < 1.29 is 24.0 Å². The summed E-state index contributed by atoms with van der Waals surface area (Å²) in [4.78, 5) is 42.1. The largest absolute Gasteiger partial charge is 0.488 e. The summed E-state index contributed by atoms with van der Waals surface area (Å²) in [6, 6.07) is 6.09. The number of likely N-dealkylation sites (tertiary alicyclic amines) is 1. The molecule has 1 aromatic carbocycles. The molecule has 1 fully saturated rings. The van der Waals surface area contributed by atoms with Crippen LogP contribution >= 0.6 is 0 Å². The van der Waals surface area contributed by atoms with E-state index in [1.165, 1.54) is 29.1 Å². The van der Waals surface area contributed by atoms with Gasteiger partial charge in [0.15, 0.2) is 0 Å². The van der Waals surface area contributed by atoms with Crippen LogP contribution in [-0.4, -0.2) is 57.1 Å². The number of methoxy groups -OCH3 is 1. The minimum atomic E-state index is -0.787. The van der Waals surface area contributed by atoms with Crippen molar-refractivity contribution in [2.24, 2.45) is 0 Å². The number of aryl methyl sites for hydroxylation is 1. The van der Waals surface area contributed by atoms with Gasteiger partial charge in [0.05, 0.1) is 13.7 Å². The van der Waals surface area contributed by atoms with E-state index in [0.29, 0.717) is 18.6 Å². The molecule has 1 aliphatic rings. The van der Waals surface area contributed by atoms with Gasteiger partial charge in [0.25, 0.3) is 0 Å². The molecule has 1 aromatic heterocycles. The second-order valence-corrected chi connectivity index (χ2v) is 8.62. The quantitative estimate of drug-likeness (QED) is 0.211. The lowest BCUT2D eigenvalue weighted by Gasteiger charge is -2.27. The lowest BCUT2D eigenvalue weighted by molar-refractivity contribution is -0.389. The van der Waals surface area contributed by atoms with Crippen LogP contribution < -0.4 is 4.74 Å². The molecule has 0 saturated carbocycles. The standard InChI is InChI=1S/C24H32N4O6/c1-4-5-6-7-8-20(26-15-22(25-16-26)28(31)32)23(29)27-14-19(13-21(27)24(30)33-3)34-18-11-9-17(2)10-12-18/h9-12,15-16,19-21H,4-8,13-14H2,1-3H3/t19-,20+,21-/m0/s1. The third-order valence-corrected chi connectivity index (χ3v) is 6.09. The molecule has 0 spiro atoms. The molecule has 2 heterocycles. The Hall–Kier alpha value is -3.43. The lowest BCUT2D eigenvalue weighted by Crippen LogP contribution is -2.44. The Bertz CT molecular complexity index is 990. The number of aromatic nitrogens is 2. The topological polar surface area (TPSA) is 117 Å². The predicted octanol–water partition coefficient (Wildman–Crippen LogP) is 3.83. The second kappa shape index (κ2) is 11.6. The number of nitrogens with zero attached hydrogens (tertiary/aromatic N) is 4. The van der Waals surface area contributed by atoms with E-state index in [2.05, 4.69) is 11.9 Å². The van der Waals surface area contributed by atoms with Gasteiger partial charge in [-0.25, -0.2) is 4.79 Å². The number of unbranched alkanes of at least 4 members (excludes halogenated alkanes) is 3. The van der Waals surface area contributed by atoms with Gasteiger partial charge in [0, 0.05) is 6.42 Å². The lowest BCUT2D eigenvalue weighted by atomic mass is 10.1. The summed E-state index contributed by atoms with van der Waals surface area (Å²) >= 11 is 0. The van der Waals surface area contributed by atoms with E-state index in [1.54, 1.807) is 0 Å². The van der Waals surface area contributed by atoms with Crippen molar-refractivity contribution in [2.75, 3.05) is 13.7 Å². The zero-order valence-corrected chi connectivity index (χ0v) is 19.9. The van der Waals surface area contributed by atoms with Crippen molar-refractivity contribution in [3.63, 3.8) is 0 Å². The number of imidazole rings is 1. The van der Waals surface area contributed by atoms with E-state index in [9.17, 15) is 19.7 Å². The van der Waals surface area contributed by atoms with Crippen LogP contribution in [0.1, 0.15) is 57.1 Å². The van der Waals surface area contributed by atoms with Crippen molar-refractivity contribution in [1.29, 1.82) is 0 Å². The second-order valence-electron chi connectivity index (χ2n) is 8.62. The van der Waals surface area contributed by atoms with E-state index in [1.807, 2.05) is 31.2 Å². The van der Waals surface area contributed by atoms with Gasteiger partial charge in [-0.05, 0) is 35.4 Å². The number of rotatable bonds is 11. The van der Waals surface area contributed by atoms with Crippen molar-refractivity contribution in [3.8, 4) is 5.75 Å². The summed E-state index contributed by atoms with van der Waals surface area (Å²) in [5.74, 6) is -0.466. The number of nitro groups is 1. The zero-order chi connectivity index (χ0) is 24.7. The highest BCUT2D eigenvalue weighted by Gasteiger charge is 2.44. The third-order valence-electron chi connectivity index (χ3n) is 6.09. The Morgan fingerprint density at radius 2 is 1.97 bits per heavy atom. The highest BCUT2D eigenvalue weighted by atomic mass is 16.6. The molecule has 0 bridgehead atoms. The monoisotopic (exact) mass is 472 g/mol. The predicted molar refractivity (Wildman–Crippen MR) is 124 cm³/mol. The van der Waals surface area contributed by atoms with Gasteiger partial charge >= 0.3 is 11.8 Å². The molecule has 0 radical (unpaired) electrons. The van der Waals surface area contributed by atoms with Crippen molar-refractivity contribution in [1.82, 2.24) is 14.5 Å². The molecule has 10 nitrogen and oxygen atoms in total. The molecule has 1 aliphatic heterocycles. The number of ether oxygens (including phenoxy) is 2. The average molecular weight is 473 g/mol. The first-order valence-electron chi connectivity index (χ1n) is 11.6. The first kappa shape index (κ1) is 25.2. The van der Waals surface area contributed by atoms with Crippen LogP contribution in [0.4, 0.5) is 5.82 Å². The highest BCUT2D eigenvalue weighted by molar-refractivity contribution is 5.87. The van der Waals surface area contributed by atoms with Crippen molar-refractivity contribution in [2.45, 2.75) is 70.6 Å². The Balaban J connectivity index is 1.82. The summed E-state index contributed by atoms with van der Waals surface area (Å²) in [7, 11) is 1.29. The number of esters is 1. The molecule has 1 saturated heterocycles. The molecule has 0 unspecified atom stereocenters. The first-order chi connectivity index (χ1) is 16.3. The van der Waals surface area contributed by atoms with E-state index in [4.69, 9.17) is 9.47 Å². The Morgan fingerprint density at radius 3 is 2.59 bits per heavy atom. The Labute approximate surface area is 199 Å². The average Bonchev–Trinajstić information content (AvgIpc) is 3.48. The van der Waals surface area contributed by atoms with Crippen LogP contribution in [0.2, 0.25) is 0 Å². The van der Waals surface area contributed by atoms with Crippen LogP contribution in [0, 0.1) is 17.0 Å². The van der Waals surface area contributed by atoms with Crippen molar-refractivity contribution in [3.05, 3.63) is 52.5 Å². The van der Waals surface area contributed by atoms with E-state index in [-0.39, 0.29) is 24.4 Å². The SMILES string of the molecule is CCCCCC[C@H](C(=O)N1C[C@@H](Oc2ccc(C)cc2)C[C@H]1C(=O)OC)n1cnc([N+](=O)[O-])c1. The summed E-state index contributed by atoms with van der Waals surface area (Å²) in [6.07, 6.45) is 6.78. The summed E-state index contributed by atoms with van der Waals surface area (Å²) < 4.78 is 12.5. The summed E-state index contributed by atoms with van der Waals surface area (Å²) in [5, 5.41) is 11.1. The number of benzene rings is 1. The van der Waals surface area contributed by atoms with Gasteiger partial charge in [-0.15, -0.1) is 0 Å². The molecule has 34 heavy (non-hydrogen) atoms. The van der Waals surface area contributed by atoms with Gasteiger partial charge in [-0.2, -0.15) is 0 Å². The fourth-order valence-electron chi connectivity index (χ4n) is 4.24. The van der Waals surface area contributed by atoms with E-state index >= 15 is 0 Å². The molecule has 0 aliphatic carbocycles. The van der Waals surface area contributed by atoms with Gasteiger partial charge in [0.1, 0.15) is 30.1 Å². The minimum absolute atomic E-state index is 0.217. The van der Waals surface area contributed by atoms with Gasteiger partial charge in [-0.3, -0.25) is 9.36 Å². The molecule has 1 amide bonds. The van der Waals surface area contributed by atoms with Gasteiger partial charge in [0.2, 0.25) is 12.2 Å². The maximum Gasteiger partial charge on any atom is 0.381 e. The van der Waals surface area contributed by atoms with E-state index < -0.39 is 23.0 Å². The number of amides is 1. The molecule has 3 rings (SSSR count). The van der Waals surface area contributed by atoms with Crippen LogP contribution in [0.3, 0.4) is 0 Å². The van der Waals surface area contributed by atoms with Crippen LogP contribution in [0.25, 0.3) is 0 Å². The fraction of sp³-hybridized carbons (Fsp3) is 0.542. The Kier molecular flexibility index (Phi) is 8.61. The maximum absolute atomic E-state index is 13.7. The van der Waals surface area contributed by atoms with Crippen molar-refractivity contribution >= 4 is 17.7 Å².